The number of tetrazole rings is 1. The summed E-state index contributed by atoms with van der Waals surface area (Å²) in [5, 5.41) is 23.5. The highest BCUT2D eigenvalue weighted by Gasteiger charge is 2.42. The molecule has 2 N–H and O–H groups in total. The van der Waals surface area contributed by atoms with E-state index in [2.05, 4.69) is 20.6 Å². The predicted octanol–water partition coefficient (Wildman–Crippen LogP) is 1.04. The third kappa shape index (κ3) is 2.45. The minimum absolute atomic E-state index is 0.185. The Kier molecular flexibility index (Phi) is 3.63. The van der Waals surface area contributed by atoms with Gasteiger partial charge in [-0.3, -0.25) is 0 Å². The summed E-state index contributed by atoms with van der Waals surface area (Å²) in [5.41, 5.74) is -1.19. The lowest BCUT2D eigenvalue weighted by atomic mass is 9.86. The van der Waals surface area contributed by atoms with Crippen molar-refractivity contribution in [1.82, 2.24) is 20.6 Å². The number of hydrogen-bond donors (Lipinski definition) is 2. The summed E-state index contributed by atoms with van der Waals surface area (Å²) in [6.45, 7) is 0. The maximum Gasteiger partial charge on any atom is 0.355 e. The van der Waals surface area contributed by atoms with Crippen LogP contribution in [0.4, 0.5) is 0 Å². The number of rotatable bonds is 4. The van der Waals surface area contributed by atoms with Crippen LogP contribution in [0.5, 0.6) is 6.01 Å². The Morgan fingerprint density at radius 3 is 2.00 bits per heavy atom. The molecular weight excluding hydrogens is 284 g/mol. The molecule has 1 aromatic heterocycles. The van der Waals surface area contributed by atoms with E-state index in [0.29, 0.717) is 11.1 Å². The van der Waals surface area contributed by atoms with Gasteiger partial charge in [0.05, 0.1) is 0 Å². The fourth-order valence-corrected chi connectivity index (χ4v) is 2.12. The van der Waals surface area contributed by atoms with Gasteiger partial charge in [0.1, 0.15) is 0 Å². The normalized spacial score (nSPS) is 11.1. The molecule has 0 radical (unpaired) electrons. The molecule has 22 heavy (non-hydrogen) atoms. The largest absolute Gasteiger partial charge is 0.387 e. The van der Waals surface area contributed by atoms with Gasteiger partial charge in [-0.2, -0.15) is 0 Å². The zero-order valence-electron chi connectivity index (χ0n) is 11.4. The minimum atomic E-state index is -1.96. The van der Waals surface area contributed by atoms with Crippen LogP contribution in [0.15, 0.2) is 60.7 Å². The van der Waals surface area contributed by atoms with Gasteiger partial charge in [0.2, 0.25) is 5.60 Å². The second kappa shape index (κ2) is 5.74. The number of carbonyl (C=O) groups excluding carboxylic acids is 1. The van der Waals surface area contributed by atoms with Crippen LogP contribution in [-0.2, 0) is 10.4 Å². The summed E-state index contributed by atoms with van der Waals surface area (Å²) < 4.78 is 5.05. The lowest BCUT2D eigenvalue weighted by molar-refractivity contribution is -0.152. The van der Waals surface area contributed by atoms with Gasteiger partial charge >= 0.3 is 12.0 Å². The molecule has 0 fully saturated rings. The molecular formula is C15H12N4O3. The summed E-state index contributed by atoms with van der Waals surface area (Å²) >= 11 is 0. The third-order valence-corrected chi connectivity index (χ3v) is 3.19. The van der Waals surface area contributed by atoms with Gasteiger partial charge in [0, 0.05) is 0 Å². The Morgan fingerprint density at radius 1 is 1.00 bits per heavy atom. The quantitative estimate of drug-likeness (QED) is 0.698. The highest BCUT2D eigenvalue weighted by molar-refractivity contribution is 5.86. The van der Waals surface area contributed by atoms with Crippen molar-refractivity contribution in [3.05, 3.63) is 71.8 Å². The first-order chi connectivity index (χ1) is 10.7. The van der Waals surface area contributed by atoms with Crippen LogP contribution in [0.1, 0.15) is 11.1 Å². The molecule has 110 valence electrons. The smallest absolute Gasteiger partial charge is 0.355 e. The third-order valence-electron chi connectivity index (χ3n) is 3.19. The molecule has 0 bridgehead atoms. The fraction of sp³-hybridized carbons (Fsp3) is 0.0667. The predicted molar refractivity (Wildman–Crippen MR) is 75.7 cm³/mol. The number of carbonyl (C=O) groups is 1. The molecule has 1 heterocycles. The van der Waals surface area contributed by atoms with E-state index in [1.807, 2.05) is 0 Å². The molecule has 2 aromatic carbocycles. The summed E-state index contributed by atoms with van der Waals surface area (Å²) in [7, 11) is 0. The van der Waals surface area contributed by atoms with Crippen molar-refractivity contribution in [3.8, 4) is 6.01 Å². The van der Waals surface area contributed by atoms with Crippen LogP contribution in [-0.4, -0.2) is 31.7 Å². The molecule has 7 heteroatoms. The van der Waals surface area contributed by atoms with Gasteiger partial charge in [0.25, 0.3) is 0 Å². The maximum absolute atomic E-state index is 12.5. The van der Waals surface area contributed by atoms with E-state index in [-0.39, 0.29) is 6.01 Å². The van der Waals surface area contributed by atoms with Gasteiger partial charge in [-0.1, -0.05) is 65.8 Å². The Labute approximate surface area is 125 Å². The van der Waals surface area contributed by atoms with Crippen molar-refractivity contribution < 1.29 is 14.6 Å². The van der Waals surface area contributed by atoms with Crippen LogP contribution >= 0.6 is 0 Å². The lowest BCUT2D eigenvalue weighted by Crippen LogP contribution is -2.40. The molecule has 0 spiro atoms. The topological polar surface area (TPSA) is 101 Å². The van der Waals surface area contributed by atoms with Gasteiger partial charge in [-0.15, -0.1) is 0 Å². The van der Waals surface area contributed by atoms with E-state index >= 15 is 0 Å². The van der Waals surface area contributed by atoms with Crippen LogP contribution < -0.4 is 4.74 Å². The first kappa shape index (κ1) is 13.9. The van der Waals surface area contributed by atoms with Crippen LogP contribution in [0.3, 0.4) is 0 Å². The Balaban J connectivity index is 2.05. The highest BCUT2D eigenvalue weighted by Crippen LogP contribution is 2.31. The molecule has 0 saturated heterocycles. The molecule has 0 unspecified atom stereocenters. The summed E-state index contributed by atoms with van der Waals surface area (Å²) in [4.78, 5) is 12.5. The molecule has 3 rings (SSSR count). The van der Waals surface area contributed by atoms with Crippen LogP contribution in [0, 0.1) is 0 Å². The van der Waals surface area contributed by atoms with Gasteiger partial charge < -0.3 is 9.84 Å². The average Bonchev–Trinajstić information content (AvgIpc) is 3.08. The van der Waals surface area contributed by atoms with Crippen molar-refractivity contribution in [2.45, 2.75) is 5.60 Å². The molecule has 0 saturated carbocycles. The Morgan fingerprint density at radius 2 is 1.55 bits per heavy atom. The van der Waals surface area contributed by atoms with Crippen LogP contribution in [0.25, 0.3) is 0 Å². The number of ether oxygens (including phenoxy) is 1. The van der Waals surface area contributed by atoms with Gasteiger partial charge in [0.15, 0.2) is 0 Å². The standard InChI is InChI=1S/C15H12N4O3/c20-13(22-14-16-18-19-17-14)15(21,11-7-3-1-4-8-11)12-9-5-2-6-10-12/h1-10,21H,(H,16,17,18,19). The Bertz CT molecular complexity index is 705. The number of aromatic nitrogens is 4. The van der Waals surface area contributed by atoms with Crippen molar-refractivity contribution in [1.29, 1.82) is 0 Å². The Hall–Kier alpha value is -3.06. The summed E-state index contributed by atoms with van der Waals surface area (Å²) in [6, 6.07) is 16.9. The second-order valence-corrected chi connectivity index (χ2v) is 4.54. The van der Waals surface area contributed by atoms with E-state index in [1.54, 1.807) is 60.7 Å². The average molecular weight is 296 g/mol. The van der Waals surface area contributed by atoms with Gasteiger partial charge in [-0.25, -0.2) is 9.89 Å². The van der Waals surface area contributed by atoms with Crippen molar-refractivity contribution in [2.24, 2.45) is 0 Å². The van der Waals surface area contributed by atoms with Gasteiger partial charge in [-0.05, 0) is 21.6 Å². The molecule has 0 aliphatic heterocycles. The minimum Gasteiger partial charge on any atom is -0.387 e. The number of hydrogen-bond acceptors (Lipinski definition) is 6. The number of aliphatic hydroxyl groups is 1. The number of nitrogens with zero attached hydrogens (tertiary/aromatic N) is 3. The first-order valence-electron chi connectivity index (χ1n) is 6.50. The number of benzene rings is 2. The van der Waals surface area contributed by atoms with E-state index in [0.717, 1.165) is 0 Å². The molecule has 3 aromatic rings. The summed E-state index contributed by atoms with van der Waals surface area (Å²) in [6.07, 6.45) is 0. The van der Waals surface area contributed by atoms with Crippen molar-refractivity contribution >= 4 is 5.97 Å². The molecule has 0 amide bonds. The van der Waals surface area contributed by atoms with E-state index in [1.165, 1.54) is 0 Å². The van der Waals surface area contributed by atoms with E-state index in [9.17, 15) is 9.90 Å². The zero-order chi connectivity index (χ0) is 15.4. The molecule has 0 aliphatic carbocycles. The lowest BCUT2D eigenvalue weighted by Gasteiger charge is -2.26. The second-order valence-electron chi connectivity index (χ2n) is 4.54. The molecule has 7 nitrogen and oxygen atoms in total. The van der Waals surface area contributed by atoms with E-state index < -0.39 is 11.6 Å². The fourth-order valence-electron chi connectivity index (χ4n) is 2.12. The van der Waals surface area contributed by atoms with Crippen molar-refractivity contribution in [2.75, 3.05) is 0 Å². The first-order valence-corrected chi connectivity index (χ1v) is 6.50. The monoisotopic (exact) mass is 296 g/mol. The van der Waals surface area contributed by atoms with Crippen LogP contribution in [0.2, 0.25) is 0 Å². The maximum atomic E-state index is 12.5. The highest BCUT2D eigenvalue weighted by atomic mass is 16.6. The summed E-state index contributed by atoms with van der Waals surface area (Å²) in [5.74, 6) is -0.900. The number of esters is 1. The SMILES string of the molecule is O=C(Oc1nnn[nH]1)C(O)(c1ccccc1)c1ccccc1. The van der Waals surface area contributed by atoms with Crippen molar-refractivity contribution in [3.63, 3.8) is 0 Å². The molecule has 0 aliphatic rings. The van der Waals surface area contributed by atoms with E-state index in [4.69, 9.17) is 4.74 Å². The number of aromatic amines is 1. The number of nitrogens with one attached hydrogen (secondary N) is 1. The number of H-pyrrole nitrogens is 1. The molecule has 0 atom stereocenters. The zero-order valence-corrected chi connectivity index (χ0v) is 11.4.